The van der Waals surface area contributed by atoms with Crippen LogP contribution >= 0.6 is 0 Å². The van der Waals surface area contributed by atoms with Gasteiger partial charge in [0.15, 0.2) is 0 Å². The maximum absolute atomic E-state index is 13.2. The number of aliphatic imine (C=N–C) groups is 1. The molecule has 1 amide bonds. The number of nitrogens with two attached hydrogens (primary N) is 1. The smallest absolute Gasteiger partial charge is 0.430 e. The number of hydrogen-bond donors (Lipinski definition) is 2. The van der Waals surface area contributed by atoms with Gasteiger partial charge in [0.25, 0.3) is 10.0 Å². The molecule has 9 nitrogen and oxygen atoms in total. The van der Waals surface area contributed by atoms with E-state index in [1.807, 2.05) is 0 Å². The molecule has 1 fully saturated rings. The van der Waals surface area contributed by atoms with Crippen molar-refractivity contribution in [3.63, 3.8) is 0 Å². The summed E-state index contributed by atoms with van der Waals surface area (Å²) in [6.07, 6.45) is -1.79. The Labute approximate surface area is 210 Å². The highest BCUT2D eigenvalue weighted by Gasteiger charge is 2.41. The van der Waals surface area contributed by atoms with Gasteiger partial charge in [-0.05, 0) is 37.1 Å². The van der Waals surface area contributed by atoms with Gasteiger partial charge in [0.05, 0.1) is 18.0 Å². The van der Waals surface area contributed by atoms with E-state index in [1.54, 1.807) is 24.3 Å². The number of halogens is 3. The highest BCUT2D eigenvalue weighted by atomic mass is 32.2. The quantitative estimate of drug-likeness (QED) is 0.447. The molecule has 13 heteroatoms. The molecular formula is C24H24F3N5O4S. The standard InChI is InChI=1S/C24H24F3N5O4S/c1-29-18(13-21(28)24(25,26)27)15-8-9-30-17(11-15)14-31-23(33)19-6-4-10-32(19)37(34,35)22-12-16-5-2-3-7-20(16)36-22/h2-3,5,7-9,11-13,19H,4,6,10,14,28H2,1H3,(H,31,33)/b21-13-,29-18?/t19-/m0/s1. The van der Waals surface area contributed by atoms with Gasteiger partial charge in [-0.15, -0.1) is 0 Å². The lowest BCUT2D eigenvalue weighted by molar-refractivity contribution is -0.124. The third-order valence-electron chi connectivity index (χ3n) is 5.89. The molecule has 4 rings (SSSR count). The number of pyridine rings is 1. The molecular weight excluding hydrogens is 511 g/mol. The Morgan fingerprint density at radius 2 is 2.05 bits per heavy atom. The fourth-order valence-corrected chi connectivity index (χ4v) is 5.63. The van der Waals surface area contributed by atoms with Crippen molar-refractivity contribution in [1.29, 1.82) is 0 Å². The number of allylic oxidation sites excluding steroid dienone is 2. The molecule has 3 N–H and O–H groups in total. The number of carbonyl (C=O) groups excluding carboxylic acids is 1. The molecule has 37 heavy (non-hydrogen) atoms. The van der Waals surface area contributed by atoms with Crippen LogP contribution in [0, 0.1) is 0 Å². The fourth-order valence-electron chi connectivity index (χ4n) is 4.03. The van der Waals surface area contributed by atoms with E-state index in [1.165, 1.54) is 31.4 Å². The van der Waals surface area contributed by atoms with Crippen LogP contribution in [0.1, 0.15) is 24.1 Å². The van der Waals surface area contributed by atoms with Crippen molar-refractivity contribution in [2.24, 2.45) is 10.7 Å². The third-order valence-corrected chi connectivity index (χ3v) is 7.65. The number of nitrogens with zero attached hydrogens (tertiary/aromatic N) is 3. The summed E-state index contributed by atoms with van der Waals surface area (Å²) in [5, 5.41) is 3.07. The number of para-hydroxylation sites is 1. The van der Waals surface area contributed by atoms with Crippen LogP contribution in [-0.2, 0) is 21.4 Å². The van der Waals surface area contributed by atoms with Crippen molar-refractivity contribution in [2.75, 3.05) is 13.6 Å². The van der Waals surface area contributed by atoms with Gasteiger partial charge >= 0.3 is 6.18 Å². The summed E-state index contributed by atoms with van der Waals surface area (Å²) in [5.74, 6) is -0.519. The van der Waals surface area contributed by atoms with E-state index in [0.29, 0.717) is 35.1 Å². The lowest BCUT2D eigenvalue weighted by Crippen LogP contribution is -2.45. The van der Waals surface area contributed by atoms with Crippen LogP contribution in [-0.4, -0.2) is 55.1 Å². The maximum atomic E-state index is 13.2. The minimum atomic E-state index is -4.70. The van der Waals surface area contributed by atoms with E-state index < -0.39 is 33.8 Å². The molecule has 0 bridgehead atoms. The topological polar surface area (TPSA) is 131 Å². The zero-order chi connectivity index (χ0) is 26.8. The minimum Gasteiger partial charge on any atom is -0.443 e. The first-order valence-corrected chi connectivity index (χ1v) is 12.7. The number of fused-ring (bicyclic) bond motifs is 1. The van der Waals surface area contributed by atoms with Gasteiger partial charge in [0.1, 0.15) is 17.3 Å². The van der Waals surface area contributed by atoms with Crippen molar-refractivity contribution >= 4 is 32.6 Å². The Hall–Kier alpha value is -3.71. The molecule has 2 aromatic heterocycles. The molecule has 0 saturated carbocycles. The van der Waals surface area contributed by atoms with Crippen LogP contribution in [0.5, 0.6) is 0 Å². The number of amides is 1. The Bertz CT molecular complexity index is 1450. The van der Waals surface area contributed by atoms with Crippen LogP contribution in [0.25, 0.3) is 11.0 Å². The van der Waals surface area contributed by atoms with Gasteiger partial charge in [-0.1, -0.05) is 18.2 Å². The second-order valence-corrected chi connectivity index (χ2v) is 10.2. The summed E-state index contributed by atoms with van der Waals surface area (Å²) >= 11 is 0. The SMILES string of the molecule is CN=C(/C=C(\N)C(F)(F)F)c1ccnc(CNC(=O)[C@@H]2CCCN2S(=O)(=O)c2cc3ccccc3o2)c1. The molecule has 1 aliphatic heterocycles. The fraction of sp³-hybridized carbons (Fsp3) is 0.292. The van der Waals surface area contributed by atoms with Gasteiger partial charge in [0.2, 0.25) is 11.0 Å². The molecule has 3 aromatic rings. The second kappa shape index (κ2) is 10.3. The lowest BCUT2D eigenvalue weighted by atomic mass is 10.1. The number of sulfonamides is 1. The van der Waals surface area contributed by atoms with Gasteiger partial charge in [-0.3, -0.25) is 14.8 Å². The van der Waals surface area contributed by atoms with E-state index in [-0.39, 0.29) is 23.9 Å². The predicted octanol–water partition coefficient (Wildman–Crippen LogP) is 3.12. The van der Waals surface area contributed by atoms with Crippen molar-refractivity contribution in [3.05, 3.63) is 71.7 Å². The van der Waals surface area contributed by atoms with Crippen molar-refractivity contribution in [1.82, 2.24) is 14.6 Å². The monoisotopic (exact) mass is 535 g/mol. The van der Waals surface area contributed by atoms with E-state index in [9.17, 15) is 26.4 Å². The molecule has 196 valence electrons. The van der Waals surface area contributed by atoms with Crippen LogP contribution in [0.15, 0.2) is 74.9 Å². The summed E-state index contributed by atoms with van der Waals surface area (Å²) in [4.78, 5) is 20.9. The average molecular weight is 536 g/mol. The van der Waals surface area contributed by atoms with Crippen LogP contribution in [0.2, 0.25) is 0 Å². The molecule has 0 aliphatic carbocycles. The highest BCUT2D eigenvalue weighted by Crippen LogP contribution is 2.30. The van der Waals surface area contributed by atoms with Gasteiger partial charge in [0, 0.05) is 36.8 Å². The van der Waals surface area contributed by atoms with Gasteiger partial charge in [-0.25, -0.2) is 8.42 Å². The van der Waals surface area contributed by atoms with E-state index in [2.05, 4.69) is 15.3 Å². The van der Waals surface area contributed by atoms with Crippen molar-refractivity contribution < 1.29 is 30.8 Å². The number of nitrogens with one attached hydrogen (secondary N) is 1. The van der Waals surface area contributed by atoms with Gasteiger partial charge < -0.3 is 15.5 Å². The van der Waals surface area contributed by atoms with E-state index in [4.69, 9.17) is 10.2 Å². The summed E-state index contributed by atoms with van der Waals surface area (Å²) in [6, 6.07) is 10.3. The summed E-state index contributed by atoms with van der Waals surface area (Å²) in [6.45, 7) is 0.0889. The number of aromatic nitrogens is 1. The predicted molar refractivity (Wildman–Crippen MR) is 130 cm³/mol. The molecule has 0 unspecified atom stereocenters. The van der Waals surface area contributed by atoms with E-state index in [0.717, 1.165) is 10.4 Å². The first-order valence-electron chi connectivity index (χ1n) is 11.3. The minimum absolute atomic E-state index is 0.0105. The number of alkyl halides is 3. The summed E-state index contributed by atoms with van der Waals surface area (Å²) < 4.78 is 71.6. The second-order valence-electron chi connectivity index (χ2n) is 8.34. The number of furan rings is 1. The maximum Gasteiger partial charge on any atom is 0.430 e. The zero-order valence-corrected chi connectivity index (χ0v) is 20.5. The zero-order valence-electron chi connectivity index (χ0n) is 19.7. The summed E-state index contributed by atoms with van der Waals surface area (Å²) in [5.41, 5.74) is 4.89. The van der Waals surface area contributed by atoms with Crippen LogP contribution in [0.4, 0.5) is 13.2 Å². The largest absolute Gasteiger partial charge is 0.443 e. The Balaban J connectivity index is 1.47. The Morgan fingerprint density at radius 1 is 1.30 bits per heavy atom. The normalized spacial score (nSPS) is 17.9. The van der Waals surface area contributed by atoms with Crippen molar-refractivity contribution in [2.45, 2.75) is 36.7 Å². The number of carbonyl (C=O) groups is 1. The first-order chi connectivity index (χ1) is 17.5. The molecule has 0 spiro atoms. The molecule has 1 aromatic carbocycles. The molecule has 1 saturated heterocycles. The summed E-state index contributed by atoms with van der Waals surface area (Å²) in [7, 11) is -2.73. The first kappa shape index (κ1) is 26.4. The third kappa shape index (κ3) is 5.67. The molecule has 1 aliphatic rings. The molecule has 3 heterocycles. The Kier molecular flexibility index (Phi) is 7.37. The van der Waals surface area contributed by atoms with Crippen molar-refractivity contribution in [3.8, 4) is 0 Å². The van der Waals surface area contributed by atoms with Gasteiger partial charge in [-0.2, -0.15) is 17.5 Å². The highest BCUT2D eigenvalue weighted by molar-refractivity contribution is 7.89. The molecule has 0 radical (unpaired) electrons. The Morgan fingerprint density at radius 3 is 2.76 bits per heavy atom. The average Bonchev–Trinajstić information content (AvgIpc) is 3.53. The lowest BCUT2D eigenvalue weighted by Gasteiger charge is -2.22. The van der Waals surface area contributed by atoms with Crippen LogP contribution < -0.4 is 11.1 Å². The van der Waals surface area contributed by atoms with E-state index >= 15 is 0 Å². The number of hydrogen-bond acceptors (Lipinski definition) is 7. The number of rotatable bonds is 7. The van der Waals surface area contributed by atoms with Crippen LogP contribution in [0.3, 0.4) is 0 Å². The number of benzene rings is 1. The molecule has 1 atom stereocenters.